The fraction of sp³-hybridized carbons (Fsp3) is 0.611. The summed E-state index contributed by atoms with van der Waals surface area (Å²) in [6, 6.07) is 6.18. The lowest BCUT2D eigenvalue weighted by Crippen LogP contribution is -2.32. The van der Waals surface area contributed by atoms with Gasteiger partial charge in [-0.25, -0.2) is 0 Å². The molecule has 1 unspecified atom stereocenters. The van der Waals surface area contributed by atoms with Gasteiger partial charge in [0.15, 0.2) is 5.96 Å². The van der Waals surface area contributed by atoms with Gasteiger partial charge >= 0.3 is 6.18 Å². The molecule has 0 bridgehead atoms. The van der Waals surface area contributed by atoms with Crippen molar-refractivity contribution >= 4 is 35.6 Å². The Bertz CT molecular complexity index is 633. The molecule has 3 rings (SSSR count). The van der Waals surface area contributed by atoms with Crippen LogP contribution in [0.2, 0.25) is 0 Å². The number of alkyl halides is 3. The van der Waals surface area contributed by atoms with Crippen LogP contribution in [0.15, 0.2) is 23.2 Å². The van der Waals surface area contributed by atoms with Crippen molar-refractivity contribution in [3.63, 3.8) is 0 Å². The first-order valence-electron chi connectivity index (χ1n) is 8.87. The van der Waals surface area contributed by atoms with E-state index in [4.69, 9.17) is 5.73 Å². The van der Waals surface area contributed by atoms with Gasteiger partial charge in [0.25, 0.3) is 0 Å². The number of rotatable bonds is 4. The van der Waals surface area contributed by atoms with Gasteiger partial charge in [-0.2, -0.15) is 13.2 Å². The van der Waals surface area contributed by atoms with E-state index >= 15 is 0 Å². The number of hydrogen-bond donors (Lipinski definition) is 2. The van der Waals surface area contributed by atoms with Crippen LogP contribution in [0.3, 0.4) is 0 Å². The van der Waals surface area contributed by atoms with E-state index in [1.54, 1.807) is 0 Å². The summed E-state index contributed by atoms with van der Waals surface area (Å²) in [7, 11) is 0. The molecule has 26 heavy (non-hydrogen) atoms. The first-order chi connectivity index (χ1) is 11.9. The lowest BCUT2D eigenvalue weighted by Gasteiger charge is -2.20. The largest absolute Gasteiger partial charge is 0.401 e. The average molecular weight is 482 g/mol. The Morgan fingerprint density at radius 2 is 2.04 bits per heavy atom. The molecular formula is C18H26F3IN4. The van der Waals surface area contributed by atoms with Crippen LogP contribution in [0, 0.1) is 5.92 Å². The molecule has 0 saturated carbocycles. The Hall–Kier alpha value is -1.03. The monoisotopic (exact) mass is 482 g/mol. The number of benzene rings is 1. The highest BCUT2D eigenvalue weighted by molar-refractivity contribution is 14.0. The van der Waals surface area contributed by atoms with Crippen molar-refractivity contribution < 1.29 is 13.2 Å². The fourth-order valence-corrected chi connectivity index (χ4v) is 3.76. The molecule has 146 valence electrons. The molecule has 3 N–H and O–H groups in total. The Balaban J connectivity index is 0.00000243. The molecule has 0 amide bonds. The van der Waals surface area contributed by atoms with Crippen LogP contribution in [-0.2, 0) is 12.8 Å². The number of fused-ring (bicyclic) bond motifs is 1. The summed E-state index contributed by atoms with van der Waals surface area (Å²) in [6.45, 7) is 0.523. The van der Waals surface area contributed by atoms with E-state index < -0.39 is 12.7 Å². The Morgan fingerprint density at radius 3 is 2.81 bits per heavy atom. The molecule has 1 aromatic rings. The van der Waals surface area contributed by atoms with Crippen LogP contribution in [0.1, 0.15) is 30.4 Å². The van der Waals surface area contributed by atoms with Crippen molar-refractivity contribution in [2.45, 2.75) is 38.3 Å². The summed E-state index contributed by atoms with van der Waals surface area (Å²) >= 11 is 0. The van der Waals surface area contributed by atoms with Crippen molar-refractivity contribution in [1.82, 2.24) is 4.90 Å². The molecule has 2 aliphatic rings. The summed E-state index contributed by atoms with van der Waals surface area (Å²) in [5, 5.41) is 3.18. The highest BCUT2D eigenvalue weighted by Gasteiger charge is 2.34. The number of nitrogens with zero attached hydrogens (tertiary/aromatic N) is 2. The smallest absolute Gasteiger partial charge is 0.370 e. The molecule has 1 fully saturated rings. The molecule has 1 atom stereocenters. The standard InChI is InChI=1S/C18H25F3N4.HI/c19-18(20,21)12-25-9-8-13(11-25)10-23-17(22)24-16-7-3-5-14-4-1-2-6-15(14)16;/h3,5,7,13H,1-2,4,6,8-12H2,(H3,22,23,24);1H. The number of anilines is 1. The molecule has 0 spiro atoms. The second kappa shape index (κ2) is 9.25. The van der Waals surface area contributed by atoms with Crippen molar-refractivity contribution in [3.8, 4) is 0 Å². The van der Waals surface area contributed by atoms with E-state index in [0.29, 0.717) is 25.6 Å². The first kappa shape index (κ1) is 21.3. The van der Waals surface area contributed by atoms with Crippen molar-refractivity contribution in [2.75, 3.05) is 31.5 Å². The summed E-state index contributed by atoms with van der Waals surface area (Å²) in [6.07, 6.45) is 1.13. The van der Waals surface area contributed by atoms with E-state index in [0.717, 1.165) is 24.9 Å². The number of nitrogens with two attached hydrogens (primary N) is 1. The zero-order chi connectivity index (χ0) is 17.9. The maximum Gasteiger partial charge on any atom is 0.401 e. The molecule has 8 heteroatoms. The van der Waals surface area contributed by atoms with E-state index in [2.05, 4.69) is 16.4 Å². The third-order valence-corrected chi connectivity index (χ3v) is 4.95. The maximum atomic E-state index is 12.4. The SMILES string of the molecule is I.NC(=NCC1CCN(CC(F)(F)F)C1)Nc1cccc2c1CCCC2. The summed E-state index contributed by atoms with van der Waals surface area (Å²) < 4.78 is 37.3. The number of nitrogens with one attached hydrogen (secondary N) is 1. The second-order valence-corrected chi connectivity index (χ2v) is 7.01. The number of likely N-dealkylation sites (tertiary alicyclic amines) is 1. The molecule has 1 aliphatic carbocycles. The van der Waals surface area contributed by atoms with Gasteiger partial charge in [-0.1, -0.05) is 12.1 Å². The Morgan fingerprint density at radius 1 is 1.27 bits per heavy atom. The highest BCUT2D eigenvalue weighted by atomic mass is 127. The van der Waals surface area contributed by atoms with E-state index in [9.17, 15) is 13.2 Å². The van der Waals surface area contributed by atoms with Gasteiger partial charge in [0.05, 0.1) is 6.54 Å². The van der Waals surface area contributed by atoms with E-state index in [1.807, 2.05) is 12.1 Å². The first-order valence-corrected chi connectivity index (χ1v) is 8.87. The molecule has 0 aromatic heterocycles. The van der Waals surface area contributed by atoms with Crippen LogP contribution in [0.25, 0.3) is 0 Å². The molecule has 4 nitrogen and oxygen atoms in total. The minimum Gasteiger partial charge on any atom is -0.370 e. The Kier molecular flexibility index (Phi) is 7.57. The van der Waals surface area contributed by atoms with Gasteiger partial charge < -0.3 is 11.1 Å². The lowest BCUT2D eigenvalue weighted by molar-refractivity contribution is -0.143. The van der Waals surface area contributed by atoms with Gasteiger partial charge in [0.2, 0.25) is 0 Å². The number of halogens is 4. The molecule has 1 aromatic carbocycles. The highest BCUT2D eigenvalue weighted by Crippen LogP contribution is 2.28. The van der Waals surface area contributed by atoms with Crippen LogP contribution >= 0.6 is 24.0 Å². The molecular weight excluding hydrogens is 456 g/mol. The van der Waals surface area contributed by atoms with Crippen molar-refractivity contribution in [2.24, 2.45) is 16.6 Å². The number of guanidine groups is 1. The zero-order valence-electron chi connectivity index (χ0n) is 14.7. The summed E-state index contributed by atoms with van der Waals surface area (Å²) in [5.41, 5.74) is 9.67. The zero-order valence-corrected chi connectivity index (χ0v) is 17.0. The average Bonchev–Trinajstić information content (AvgIpc) is 2.99. The van der Waals surface area contributed by atoms with Crippen molar-refractivity contribution in [1.29, 1.82) is 0 Å². The summed E-state index contributed by atoms with van der Waals surface area (Å²) in [4.78, 5) is 5.80. The van der Waals surface area contributed by atoms with Crippen LogP contribution < -0.4 is 11.1 Å². The van der Waals surface area contributed by atoms with Crippen LogP contribution in [0.4, 0.5) is 18.9 Å². The quantitative estimate of drug-likeness (QED) is 0.390. The predicted octanol–water partition coefficient (Wildman–Crippen LogP) is 3.79. The topological polar surface area (TPSA) is 53.6 Å². The number of hydrogen-bond acceptors (Lipinski definition) is 2. The normalized spacial score (nSPS) is 21.2. The molecule has 1 saturated heterocycles. The minimum atomic E-state index is -4.13. The minimum absolute atomic E-state index is 0. The van der Waals surface area contributed by atoms with Crippen LogP contribution in [0.5, 0.6) is 0 Å². The van der Waals surface area contributed by atoms with E-state index in [-0.39, 0.29) is 29.9 Å². The van der Waals surface area contributed by atoms with Gasteiger partial charge in [-0.3, -0.25) is 9.89 Å². The van der Waals surface area contributed by atoms with Crippen molar-refractivity contribution in [3.05, 3.63) is 29.3 Å². The molecule has 1 heterocycles. The van der Waals surface area contributed by atoms with Gasteiger partial charge in [-0.05, 0) is 61.8 Å². The van der Waals surface area contributed by atoms with E-state index in [1.165, 1.54) is 28.9 Å². The fourth-order valence-electron chi connectivity index (χ4n) is 3.76. The lowest BCUT2D eigenvalue weighted by atomic mass is 9.90. The van der Waals surface area contributed by atoms with Gasteiger partial charge in [0.1, 0.15) is 0 Å². The maximum absolute atomic E-state index is 12.4. The predicted molar refractivity (Wildman–Crippen MR) is 109 cm³/mol. The third-order valence-electron chi connectivity index (χ3n) is 4.95. The molecule has 0 radical (unpaired) electrons. The number of aliphatic imine (C=N–C) groups is 1. The van der Waals surface area contributed by atoms with Crippen LogP contribution in [-0.4, -0.2) is 43.2 Å². The summed E-state index contributed by atoms with van der Waals surface area (Å²) in [5.74, 6) is 0.473. The second-order valence-electron chi connectivity index (χ2n) is 7.01. The van der Waals surface area contributed by atoms with Gasteiger partial charge in [-0.15, -0.1) is 24.0 Å². The Labute approximate surface area is 169 Å². The molecule has 1 aliphatic heterocycles. The third kappa shape index (κ3) is 6.00. The van der Waals surface area contributed by atoms with Gasteiger partial charge in [0, 0.05) is 18.8 Å². The number of aryl methyl sites for hydroxylation is 1.